The average molecular weight is 348 g/mol. The maximum Gasteiger partial charge on any atom is 0.234 e. The SMILES string of the molecule is CCCNC(=O)CN(C)Cn1nnn(-c2ccc(C)cc2C)c1=S. The van der Waals surface area contributed by atoms with E-state index in [0.29, 0.717) is 18.0 Å². The molecule has 1 heterocycles. The van der Waals surface area contributed by atoms with Gasteiger partial charge in [0.15, 0.2) is 0 Å². The summed E-state index contributed by atoms with van der Waals surface area (Å²) in [6, 6.07) is 6.09. The Labute approximate surface area is 147 Å². The van der Waals surface area contributed by atoms with Gasteiger partial charge in [-0.3, -0.25) is 9.69 Å². The van der Waals surface area contributed by atoms with Crippen molar-refractivity contribution in [1.29, 1.82) is 0 Å². The summed E-state index contributed by atoms with van der Waals surface area (Å²) in [5, 5.41) is 11.1. The Kier molecular flexibility index (Phi) is 6.22. The van der Waals surface area contributed by atoms with Crippen LogP contribution >= 0.6 is 12.2 Å². The van der Waals surface area contributed by atoms with Crippen molar-refractivity contribution in [2.45, 2.75) is 33.9 Å². The van der Waals surface area contributed by atoms with Gasteiger partial charge in [0.1, 0.15) is 0 Å². The monoisotopic (exact) mass is 348 g/mol. The summed E-state index contributed by atoms with van der Waals surface area (Å²) in [5.74, 6) is -0.00682. The maximum atomic E-state index is 11.8. The maximum absolute atomic E-state index is 11.8. The molecule has 1 aromatic heterocycles. The summed E-state index contributed by atoms with van der Waals surface area (Å²) in [6.45, 7) is 7.48. The summed E-state index contributed by atoms with van der Waals surface area (Å²) < 4.78 is 3.76. The van der Waals surface area contributed by atoms with Crippen molar-refractivity contribution < 1.29 is 4.79 Å². The van der Waals surface area contributed by atoms with Gasteiger partial charge in [-0.05, 0) is 61.6 Å². The molecule has 0 bridgehead atoms. The van der Waals surface area contributed by atoms with Crippen LogP contribution in [0.1, 0.15) is 24.5 Å². The summed E-state index contributed by atoms with van der Waals surface area (Å²) in [6.07, 6.45) is 0.921. The highest BCUT2D eigenvalue weighted by molar-refractivity contribution is 7.71. The number of aryl methyl sites for hydroxylation is 2. The second kappa shape index (κ2) is 8.16. The highest BCUT2D eigenvalue weighted by Gasteiger charge is 2.11. The number of amides is 1. The molecule has 0 spiro atoms. The molecule has 8 heteroatoms. The molecular weight excluding hydrogens is 324 g/mol. The number of rotatable bonds is 7. The zero-order chi connectivity index (χ0) is 17.7. The summed E-state index contributed by atoms with van der Waals surface area (Å²) in [4.78, 5) is 13.6. The number of hydrogen-bond donors (Lipinski definition) is 1. The van der Waals surface area contributed by atoms with E-state index in [0.717, 1.165) is 17.7 Å². The van der Waals surface area contributed by atoms with E-state index in [1.807, 2.05) is 44.9 Å². The quantitative estimate of drug-likeness (QED) is 0.773. The minimum absolute atomic E-state index is 0.00682. The molecule has 1 amide bonds. The van der Waals surface area contributed by atoms with Crippen LogP contribution in [0.15, 0.2) is 18.2 Å². The Morgan fingerprint density at radius 3 is 2.75 bits per heavy atom. The molecule has 0 unspecified atom stereocenters. The Bertz CT molecular complexity index is 766. The molecule has 2 rings (SSSR count). The molecule has 1 aromatic carbocycles. The third-order valence-electron chi connectivity index (χ3n) is 3.58. The van der Waals surface area contributed by atoms with E-state index < -0.39 is 0 Å². The Hall–Kier alpha value is -2.06. The van der Waals surface area contributed by atoms with Crippen LogP contribution in [-0.2, 0) is 11.5 Å². The van der Waals surface area contributed by atoms with E-state index in [1.54, 1.807) is 9.36 Å². The molecule has 0 aliphatic heterocycles. The molecule has 0 saturated carbocycles. The number of aromatic nitrogens is 4. The van der Waals surface area contributed by atoms with Gasteiger partial charge in [0.05, 0.1) is 18.9 Å². The van der Waals surface area contributed by atoms with Gasteiger partial charge in [0.2, 0.25) is 10.7 Å². The number of carbonyl (C=O) groups is 1. The van der Waals surface area contributed by atoms with Crippen molar-refractivity contribution in [3.63, 3.8) is 0 Å². The lowest BCUT2D eigenvalue weighted by Gasteiger charge is -2.15. The first-order valence-electron chi connectivity index (χ1n) is 7.98. The number of likely N-dealkylation sites (N-methyl/N-ethyl adjacent to an activating group) is 1. The van der Waals surface area contributed by atoms with Crippen molar-refractivity contribution in [2.75, 3.05) is 20.1 Å². The number of hydrogen-bond acceptors (Lipinski definition) is 5. The van der Waals surface area contributed by atoms with Crippen molar-refractivity contribution >= 4 is 18.1 Å². The van der Waals surface area contributed by atoms with Crippen LogP contribution in [0.2, 0.25) is 0 Å². The van der Waals surface area contributed by atoms with Crippen molar-refractivity contribution in [2.24, 2.45) is 0 Å². The minimum atomic E-state index is -0.00682. The number of carbonyl (C=O) groups excluding carboxylic acids is 1. The van der Waals surface area contributed by atoms with Crippen LogP contribution in [0.25, 0.3) is 5.69 Å². The molecule has 2 aromatic rings. The number of nitrogens with zero attached hydrogens (tertiary/aromatic N) is 5. The number of nitrogens with one attached hydrogen (secondary N) is 1. The first-order chi connectivity index (χ1) is 11.4. The largest absolute Gasteiger partial charge is 0.355 e. The van der Waals surface area contributed by atoms with Gasteiger partial charge in [-0.2, -0.15) is 4.68 Å². The van der Waals surface area contributed by atoms with Gasteiger partial charge >= 0.3 is 0 Å². The Morgan fingerprint density at radius 2 is 2.08 bits per heavy atom. The van der Waals surface area contributed by atoms with E-state index in [9.17, 15) is 4.79 Å². The van der Waals surface area contributed by atoms with Gasteiger partial charge in [-0.1, -0.05) is 24.6 Å². The normalized spacial score (nSPS) is 11.0. The molecule has 24 heavy (non-hydrogen) atoms. The molecule has 0 atom stereocenters. The average Bonchev–Trinajstić information content (AvgIpc) is 2.86. The van der Waals surface area contributed by atoms with Gasteiger partial charge in [-0.25, -0.2) is 4.68 Å². The summed E-state index contributed by atoms with van der Waals surface area (Å²) >= 11 is 5.48. The molecule has 0 aliphatic carbocycles. The van der Waals surface area contributed by atoms with E-state index in [1.165, 1.54) is 5.56 Å². The topological polar surface area (TPSA) is 68.0 Å². The van der Waals surface area contributed by atoms with Crippen molar-refractivity contribution in [1.82, 2.24) is 30.0 Å². The fourth-order valence-electron chi connectivity index (χ4n) is 2.40. The zero-order valence-electron chi connectivity index (χ0n) is 14.6. The standard InChI is InChI=1S/C16H24N6OS/c1-5-8-17-15(23)10-20(4)11-21-16(24)22(19-18-21)14-7-6-12(2)9-13(14)3/h6-7,9H,5,8,10-11H2,1-4H3,(H,17,23). The Morgan fingerprint density at radius 1 is 1.33 bits per heavy atom. The van der Waals surface area contributed by atoms with Crippen molar-refractivity contribution in [3.8, 4) is 5.69 Å². The third kappa shape index (κ3) is 4.48. The van der Waals surface area contributed by atoms with Crippen LogP contribution in [0.3, 0.4) is 0 Å². The van der Waals surface area contributed by atoms with Crippen molar-refractivity contribution in [3.05, 3.63) is 34.1 Å². The van der Waals surface area contributed by atoms with E-state index in [2.05, 4.69) is 21.8 Å². The van der Waals surface area contributed by atoms with Crippen LogP contribution in [0.5, 0.6) is 0 Å². The lowest BCUT2D eigenvalue weighted by atomic mass is 10.1. The zero-order valence-corrected chi connectivity index (χ0v) is 15.4. The van der Waals surface area contributed by atoms with Gasteiger partial charge < -0.3 is 5.32 Å². The number of tetrazole rings is 1. The number of benzene rings is 1. The molecule has 0 radical (unpaired) electrons. The van der Waals surface area contributed by atoms with E-state index in [-0.39, 0.29) is 12.5 Å². The first kappa shape index (κ1) is 18.3. The van der Waals surface area contributed by atoms with Crippen LogP contribution in [0, 0.1) is 18.6 Å². The summed E-state index contributed by atoms with van der Waals surface area (Å²) in [7, 11) is 1.85. The minimum Gasteiger partial charge on any atom is -0.355 e. The van der Waals surface area contributed by atoms with Crippen LogP contribution in [0.4, 0.5) is 0 Å². The molecule has 0 aliphatic rings. The van der Waals surface area contributed by atoms with Crippen LogP contribution < -0.4 is 5.32 Å². The fourth-order valence-corrected chi connectivity index (χ4v) is 2.63. The van der Waals surface area contributed by atoms with Gasteiger partial charge in [0, 0.05) is 6.54 Å². The highest BCUT2D eigenvalue weighted by Crippen LogP contribution is 2.14. The molecule has 1 N–H and O–H groups in total. The fraction of sp³-hybridized carbons (Fsp3) is 0.500. The molecule has 0 fully saturated rings. The molecule has 7 nitrogen and oxygen atoms in total. The third-order valence-corrected chi connectivity index (χ3v) is 3.96. The van der Waals surface area contributed by atoms with Crippen LogP contribution in [-0.4, -0.2) is 50.7 Å². The predicted octanol–water partition coefficient (Wildman–Crippen LogP) is 1.83. The Balaban J connectivity index is 2.10. The van der Waals surface area contributed by atoms with E-state index in [4.69, 9.17) is 12.2 Å². The lowest BCUT2D eigenvalue weighted by molar-refractivity contribution is -0.122. The second-order valence-corrected chi connectivity index (χ2v) is 6.33. The van der Waals surface area contributed by atoms with E-state index >= 15 is 0 Å². The predicted molar refractivity (Wildman–Crippen MR) is 95.6 cm³/mol. The first-order valence-corrected chi connectivity index (χ1v) is 8.39. The molecule has 0 saturated heterocycles. The highest BCUT2D eigenvalue weighted by atomic mass is 32.1. The summed E-state index contributed by atoms with van der Waals surface area (Å²) in [5.41, 5.74) is 3.19. The molecular formula is C16H24N6OS. The second-order valence-electron chi connectivity index (χ2n) is 5.97. The lowest BCUT2D eigenvalue weighted by Crippen LogP contribution is -2.36. The smallest absolute Gasteiger partial charge is 0.234 e. The van der Waals surface area contributed by atoms with Gasteiger partial charge in [-0.15, -0.1) is 0 Å². The molecule has 130 valence electrons. The van der Waals surface area contributed by atoms with Gasteiger partial charge in [0.25, 0.3) is 0 Å².